The molecule has 1 amide bonds. The largest absolute Gasteiger partial charge is 0.454 e. The molecule has 2 aromatic heterocycles. The summed E-state index contributed by atoms with van der Waals surface area (Å²) in [7, 11) is 0. The van der Waals surface area contributed by atoms with E-state index in [0.29, 0.717) is 28.0 Å². The molecule has 146 valence electrons. The van der Waals surface area contributed by atoms with E-state index in [1.165, 1.54) is 11.3 Å². The monoisotopic (exact) mass is 406 g/mol. The predicted octanol–water partition coefficient (Wildman–Crippen LogP) is 4.39. The highest BCUT2D eigenvalue weighted by atomic mass is 32.1. The Morgan fingerprint density at radius 3 is 2.72 bits per heavy atom. The van der Waals surface area contributed by atoms with E-state index < -0.39 is 0 Å². The number of thiazole rings is 1. The smallest absolute Gasteiger partial charge is 0.257 e. The van der Waals surface area contributed by atoms with Crippen LogP contribution in [0.25, 0.3) is 15.3 Å². The predicted molar refractivity (Wildman–Crippen MR) is 111 cm³/mol. The Balaban J connectivity index is 1.52. The number of benzene rings is 2. The zero-order valence-electron chi connectivity index (χ0n) is 16.1. The number of fused-ring (bicyclic) bond motifs is 2. The van der Waals surface area contributed by atoms with E-state index in [1.807, 2.05) is 57.2 Å². The third-order valence-electron chi connectivity index (χ3n) is 4.76. The minimum atomic E-state index is -0.172. The van der Waals surface area contributed by atoms with Gasteiger partial charge in [0.15, 0.2) is 11.5 Å². The number of carbonyl (C=O) groups is 1. The third kappa shape index (κ3) is 3.11. The third-order valence-corrected chi connectivity index (χ3v) is 5.76. The fraction of sp³-hybridized carbons (Fsp3) is 0.190. The van der Waals surface area contributed by atoms with Crippen molar-refractivity contribution in [3.8, 4) is 16.6 Å². The Morgan fingerprint density at radius 2 is 1.90 bits per heavy atom. The Morgan fingerprint density at radius 1 is 1.10 bits per heavy atom. The van der Waals surface area contributed by atoms with E-state index in [0.717, 1.165) is 27.0 Å². The summed E-state index contributed by atoms with van der Waals surface area (Å²) >= 11 is 1.47. The van der Waals surface area contributed by atoms with E-state index in [1.54, 1.807) is 4.68 Å². The van der Waals surface area contributed by atoms with E-state index in [2.05, 4.69) is 15.4 Å². The van der Waals surface area contributed by atoms with Crippen LogP contribution >= 0.6 is 11.3 Å². The van der Waals surface area contributed by atoms with Gasteiger partial charge in [-0.1, -0.05) is 29.0 Å². The second-order valence-corrected chi connectivity index (χ2v) is 8.03. The first kappa shape index (κ1) is 17.7. The van der Waals surface area contributed by atoms with Crippen LogP contribution in [0.1, 0.15) is 27.2 Å². The minimum absolute atomic E-state index is 0.172. The number of aryl methyl sites for hydroxylation is 3. The first-order chi connectivity index (χ1) is 14.0. The molecule has 0 aliphatic carbocycles. The van der Waals surface area contributed by atoms with Gasteiger partial charge in [-0.15, -0.1) is 0 Å². The Hall–Kier alpha value is -3.39. The molecule has 3 heterocycles. The summed E-state index contributed by atoms with van der Waals surface area (Å²) in [6.45, 7) is 6.00. The lowest BCUT2D eigenvalue weighted by Crippen LogP contribution is -2.16. The lowest BCUT2D eigenvalue weighted by molar-refractivity contribution is 0.102. The number of anilines is 1. The molecule has 8 heteroatoms. The molecule has 0 radical (unpaired) electrons. The molecule has 0 saturated heterocycles. The molecule has 0 bridgehead atoms. The highest BCUT2D eigenvalue weighted by molar-refractivity contribution is 7.20. The molecule has 0 unspecified atom stereocenters. The van der Waals surface area contributed by atoms with Gasteiger partial charge in [0.1, 0.15) is 5.82 Å². The molecular formula is C21H18N4O3S. The average molecular weight is 406 g/mol. The molecule has 5 rings (SSSR count). The molecular weight excluding hydrogens is 388 g/mol. The van der Waals surface area contributed by atoms with Crippen molar-refractivity contribution in [1.29, 1.82) is 0 Å². The lowest BCUT2D eigenvalue weighted by atomic mass is 10.1. The molecule has 29 heavy (non-hydrogen) atoms. The van der Waals surface area contributed by atoms with E-state index in [-0.39, 0.29) is 12.7 Å². The summed E-state index contributed by atoms with van der Waals surface area (Å²) in [6, 6.07) is 11.4. The fourth-order valence-corrected chi connectivity index (χ4v) is 4.24. The number of ether oxygens (including phenoxy) is 2. The normalized spacial score (nSPS) is 12.5. The number of hydrogen-bond acceptors (Lipinski definition) is 6. The van der Waals surface area contributed by atoms with Gasteiger partial charge in [-0.3, -0.25) is 4.79 Å². The summed E-state index contributed by atoms with van der Waals surface area (Å²) in [5.74, 6) is 1.81. The highest BCUT2D eigenvalue weighted by Gasteiger charge is 2.20. The number of hydrogen-bond donors (Lipinski definition) is 1. The first-order valence-electron chi connectivity index (χ1n) is 9.14. The van der Waals surface area contributed by atoms with Gasteiger partial charge in [0.2, 0.25) is 11.9 Å². The summed E-state index contributed by atoms with van der Waals surface area (Å²) in [5, 5.41) is 8.17. The van der Waals surface area contributed by atoms with Crippen LogP contribution in [0.4, 0.5) is 5.82 Å². The van der Waals surface area contributed by atoms with Gasteiger partial charge < -0.3 is 14.8 Å². The molecule has 0 atom stereocenters. The van der Waals surface area contributed by atoms with Gasteiger partial charge in [-0.05, 0) is 32.4 Å². The topological polar surface area (TPSA) is 78.3 Å². The van der Waals surface area contributed by atoms with Gasteiger partial charge in [0.05, 0.1) is 15.9 Å². The molecule has 0 spiro atoms. The van der Waals surface area contributed by atoms with E-state index in [4.69, 9.17) is 9.47 Å². The Bertz CT molecular complexity index is 1230. The minimum Gasteiger partial charge on any atom is -0.454 e. The summed E-state index contributed by atoms with van der Waals surface area (Å²) < 4.78 is 13.5. The maximum atomic E-state index is 12.9. The van der Waals surface area contributed by atoms with Crippen molar-refractivity contribution < 1.29 is 14.3 Å². The van der Waals surface area contributed by atoms with Crippen LogP contribution in [0.15, 0.2) is 36.4 Å². The molecule has 1 aliphatic heterocycles. The maximum absolute atomic E-state index is 12.9. The fourth-order valence-electron chi connectivity index (χ4n) is 3.29. The molecule has 7 nitrogen and oxygen atoms in total. The van der Waals surface area contributed by atoms with Crippen molar-refractivity contribution in [3.63, 3.8) is 0 Å². The number of aromatic nitrogens is 3. The van der Waals surface area contributed by atoms with E-state index in [9.17, 15) is 4.79 Å². The first-order valence-corrected chi connectivity index (χ1v) is 9.95. The lowest BCUT2D eigenvalue weighted by Gasteiger charge is -2.09. The number of amides is 1. The van der Waals surface area contributed by atoms with Crippen LogP contribution in [0, 0.1) is 20.8 Å². The van der Waals surface area contributed by atoms with Crippen LogP contribution in [0.3, 0.4) is 0 Å². The van der Waals surface area contributed by atoms with Crippen LogP contribution in [0.5, 0.6) is 11.5 Å². The van der Waals surface area contributed by atoms with Gasteiger partial charge in [0.25, 0.3) is 5.91 Å². The van der Waals surface area contributed by atoms with Crippen molar-refractivity contribution in [3.05, 3.63) is 58.8 Å². The Kier molecular flexibility index (Phi) is 4.02. The molecule has 1 N–H and O–H groups in total. The Labute approximate surface area is 170 Å². The van der Waals surface area contributed by atoms with Crippen LogP contribution in [0.2, 0.25) is 0 Å². The zero-order chi connectivity index (χ0) is 20.1. The number of rotatable bonds is 3. The highest BCUT2D eigenvalue weighted by Crippen LogP contribution is 2.39. The average Bonchev–Trinajstić information content (AvgIpc) is 3.39. The van der Waals surface area contributed by atoms with Crippen molar-refractivity contribution in [2.75, 3.05) is 12.1 Å². The molecule has 4 aromatic rings. The zero-order valence-corrected chi connectivity index (χ0v) is 17.0. The van der Waals surface area contributed by atoms with Gasteiger partial charge in [-0.25, -0.2) is 4.98 Å². The van der Waals surface area contributed by atoms with Crippen molar-refractivity contribution in [2.24, 2.45) is 0 Å². The van der Waals surface area contributed by atoms with Crippen molar-refractivity contribution in [1.82, 2.24) is 14.8 Å². The number of carbonyl (C=O) groups excluding carboxylic acids is 1. The second kappa shape index (κ2) is 6.59. The van der Waals surface area contributed by atoms with Crippen molar-refractivity contribution >= 4 is 33.3 Å². The molecule has 0 fully saturated rings. The SMILES string of the molecule is Cc1ccc(C)c(C(=O)Nc2cc(C)nn2-c2nc3cc4c(cc3s2)OCO4)c1. The van der Waals surface area contributed by atoms with Gasteiger partial charge in [-0.2, -0.15) is 9.78 Å². The molecule has 1 aliphatic rings. The summed E-state index contributed by atoms with van der Waals surface area (Å²) in [4.78, 5) is 17.6. The number of nitrogens with one attached hydrogen (secondary N) is 1. The summed E-state index contributed by atoms with van der Waals surface area (Å²) in [5.41, 5.74) is 4.19. The van der Waals surface area contributed by atoms with Crippen LogP contribution in [-0.2, 0) is 0 Å². The molecule has 2 aromatic carbocycles. The van der Waals surface area contributed by atoms with Crippen LogP contribution < -0.4 is 14.8 Å². The van der Waals surface area contributed by atoms with Gasteiger partial charge in [0, 0.05) is 23.8 Å². The standard InChI is InChI=1S/C21H18N4O3S/c1-11-4-5-12(2)14(6-11)20(26)23-19-7-13(3)24-25(19)21-22-15-8-16-17(28-10-27-16)9-18(15)29-21/h4-9H,10H2,1-3H3,(H,23,26). The van der Waals surface area contributed by atoms with Crippen molar-refractivity contribution in [2.45, 2.75) is 20.8 Å². The second-order valence-electron chi connectivity index (χ2n) is 7.02. The quantitative estimate of drug-likeness (QED) is 0.546. The number of nitrogens with zero attached hydrogens (tertiary/aromatic N) is 3. The summed E-state index contributed by atoms with van der Waals surface area (Å²) in [6.07, 6.45) is 0. The van der Waals surface area contributed by atoms with Crippen LogP contribution in [-0.4, -0.2) is 27.5 Å². The van der Waals surface area contributed by atoms with E-state index >= 15 is 0 Å². The maximum Gasteiger partial charge on any atom is 0.257 e. The molecule has 0 saturated carbocycles. The van der Waals surface area contributed by atoms with Gasteiger partial charge >= 0.3 is 0 Å².